The lowest BCUT2D eigenvalue weighted by Gasteiger charge is -2.18. The molecule has 0 aliphatic heterocycles. The van der Waals surface area contributed by atoms with Crippen LogP contribution in [0.4, 0.5) is 11.5 Å². The lowest BCUT2D eigenvalue weighted by atomic mass is 10.1. The maximum atomic E-state index is 12.4. The predicted octanol–water partition coefficient (Wildman–Crippen LogP) is 3.98. The number of nitrogens with one attached hydrogen (secondary N) is 1. The number of aromatic nitrogens is 2. The van der Waals surface area contributed by atoms with Crippen LogP contribution in [0.5, 0.6) is 0 Å². The van der Waals surface area contributed by atoms with Gasteiger partial charge in [0.25, 0.3) is 5.91 Å². The number of hydrogen-bond acceptors (Lipinski definition) is 4. The van der Waals surface area contributed by atoms with E-state index in [2.05, 4.69) is 27.4 Å². The van der Waals surface area contributed by atoms with E-state index in [1.165, 1.54) is 11.8 Å². The van der Waals surface area contributed by atoms with Crippen LogP contribution >= 0.6 is 0 Å². The molecule has 0 bridgehead atoms. The minimum Gasteiger partial charge on any atom is -0.354 e. The molecule has 0 aliphatic carbocycles. The van der Waals surface area contributed by atoms with Crippen molar-refractivity contribution in [2.75, 3.05) is 17.3 Å². The van der Waals surface area contributed by atoms with E-state index >= 15 is 0 Å². The van der Waals surface area contributed by atoms with Crippen LogP contribution in [0.1, 0.15) is 27.2 Å². The van der Waals surface area contributed by atoms with Gasteiger partial charge in [0.2, 0.25) is 0 Å². The van der Waals surface area contributed by atoms with E-state index < -0.39 is 0 Å². The summed E-state index contributed by atoms with van der Waals surface area (Å²) in [6.45, 7) is 4.73. The summed E-state index contributed by atoms with van der Waals surface area (Å²) in [5, 5.41) is 2.90. The Morgan fingerprint density at radius 1 is 1.00 bits per heavy atom. The Bertz CT molecular complexity index is 892. The monoisotopic (exact) mass is 346 g/mol. The van der Waals surface area contributed by atoms with Crippen LogP contribution in [0, 0.1) is 13.8 Å². The predicted molar refractivity (Wildman–Crippen MR) is 104 cm³/mol. The van der Waals surface area contributed by atoms with Gasteiger partial charge in [0, 0.05) is 19.3 Å². The highest BCUT2D eigenvalue weighted by Gasteiger charge is 2.12. The maximum Gasteiger partial charge on any atom is 0.275 e. The van der Waals surface area contributed by atoms with Crippen molar-refractivity contribution < 1.29 is 4.79 Å². The SMILES string of the molecule is Cc1cccc(NC(=O)c2cnc(N(C)Cc3ccccc3)cn2)c1C. The summed E-state index contributed by atoms with van der Waals surface area (Å²) in [4.78, 5) is 23.1. The number of anilines is 2. The smallest absolute Gasteiger partial charge is 0.275 e. The van der Waals surface area contributed by atoms with Gasteiger partial charge < -0.3 is 10.2 Å². The van der Waals surface area contributed by atoms with Crippen molar-refractivity contribution in [1.29, 1.82) is 0 Å². The van der Waals surface area contributed by atoms with E-state index in [0.29, 0.717) is 5.69 Å². The van der Waals surface area contributed by atoms with Crippen LogP contribution < -0.4 is 10.2 Å². The van der Waals surface area contributed by atoms with Crippen LogP contribution in [0.15, 0.2) is 60.9 Å². The Kier molecular flexibility index (Phi) is 5.27. The van der Waals surface area contributed by atoms with E-state index in [9.17, 15) is 4.79 Å². The second kappa shape index (κ2) is 7.78. The Morgan fingerprint density at radius 2 is 1.77 bits per heavy atom. The van der Waals surface area contributed by atoms with E-state index in [1.54, 1.807) is 6.20 Å². The number of amides is 1. The zero-order chi connectivity index (χ0) is 18.5. The molecular formula is C21H22N4O. The molecule has 1 heterocycles. The molecule has 0 unspecified atom stereocenters. The molecule has 0 saturated carbocycles. The standard InChI is InChI=1S/C21H22N4O/c1-15-8-7-11-18(16(15)2)24-21(26)19-12-23-20(13-22-19)25(3)14-17-9-5-4-6-10-17/h4-13H,14H2,1-3H3,(H,24,26). The van der Waals surface area contributed by atoms with Gasteiger partial charge in [-0.2, -0.15) is 0 Å². The molecule has 0 radical (unpaired) electrons. The first-order valence-electron chi connectivity index (χ1n) is 8.49. The van der Waals surface area contributed by atoms with Gasteiger partial charge >= 0.3 is 0 Å². The number of carbonyl (C=O) groups excluding carboxylic acids is 1. The summed E-state index contributed by atoms with van der Waals surface area (Å²) in [6.07, 6.45) is 3.14. The van der Waals surface area contributed by atoms with Crippen LogP contribution in [0.3, 0.4) is 0 Å². The number of benzene rings is 2. The van der Waals surface area contributed by atoms with Crippen molar-refractivity contribution in [2.24, 2.45) is 0 Å². The quantitative estimate of drug-likeness (QED) is 0.759. The lowest BCUT2D eigenvalue weighted by Crippen LogP contribution is -2.19. The summed E-state index contributed by atoms with van der Waals surface area (Å²) < 4.78 is 0. The fourth-order valence-corrected chi connectivity index (χ4v) is 2.65. The number of nitrogens with zero attached hydrogens (tertiary/aromatic N) is 3. The number of rotatable bonds is 5. The minimum absolute atomic E-state index is 0.261. The van der Waals surface area contributed by atoms with Crippen LogP contribution in [-0.4, -0.2) is 22.9 Å². The summed E-state index contributed by atoms with van der Waals surface area (Å²) >= 11 is 0. The van der Waals surface area contributed by atoms with Crippen LogP contribution in [-0.2, 0) is 6.54 Å². The molecule has 2 aromatic carbocycles. The normalized spacial score (nSPS) is 10.4. The summed E-state index contributed by atoms with van der Waals surface area (Å²) in [7, 11) is 1.95. The average Bonchev–Trinajstić information content (AvgIpc) is 2.66. The molecule has 5 nitrogen and oxygen atoms in total. The van der Waals surface area contributed by atoms with Crippen molar-refractivity contribution in [3.63, 3.8) is 0 Å². The molecule has 0 atom stereocenters. The Balaban J connectivity index is 1.68. The van der Waals surface area contributed by atoms with Crippen molar-refractivity contribution in [1.82, 2.24) is 9.97 Å². The van der Waals surface area contributed by atoms with Crippen LogP contribution in [0.25, 0.3) is 0 Å². The summed E-state index contributed by atoms with van der Waals surface area (Å²) in [5.74, 6) is 0.459. The minimum atomic E-state index is -0.261. The van der Waals surface area contributed by atoms with Gasteiger partial charge in [-0.15, -0.1) is 0 Å². The molecule has 0 aliphatic rings. The number of aryl methyl sites for hydroxylation is 1. The molecule has 1 N–H and O–H groups in total. The van der Waals surface area contributed by atoms with Crippen molar-refractivity contribution in [2.45, 2.75) is 20.4 Å². The zero-order valence-corrected chi connectivity index (χ0v) is 15.2. The third-order valence-corrected chi connectivity index (χ3v) is 4.38. The Hall–Kier alpha value is -3.21. The first kappa shape index (κ1) is 17.6. The summed E-state index contributed by atoms with van der Waals surface area (Å²) in [6, 6.07) is 16.0. The number of hydrogen-bond donors (Lipinski definition) is 1. The van der Waals surface area contributed by atoms with Gasteiger partial charge in [-0.3, -0.25) is 4.79 Å². The maximum absolute atomic E-state index is 12.4. The third kappa shape index (κ3) is 4.06. The molecule has 3 aromatic rings. The first-order valence-corrected chi connectivity index (χ1v) is 8.49. The first-order chi connectivity index (χ1) is 12.5. The molecule has 0 saturated heterocycles. The van der Waals surface area contributed by atoms with Gasteiger partial charge in [0.1, 0.15) is 11.5 Å². The van der Waals surface area contributed by atoms with Gasteiger partial charge in [-0.1, -0.05) is 42.5 Å². The molecule has 132 valence electrons. The fraction of sp³-hybridized carbons (Fsp3) is 0.190. The van der Waals surface area contributed by atoms with E-state index in [-0.39, 0.29) is 5.91 Å². The molecule has 0 spiro atoms. The zero-order valence-electron chi connectivity index (χ0n) is 15.2. The van der Waals surface area contributed by atoms with Gasteiger partial charge in [-0.25, -0.2) is 9.97 Å². The highest BCUT2D eigenvalue weighted by atomic mass is 16.1. The fourth-order valence-electron chi connectivity index (χ4n) is 2.65. The molecule has 0 fully saturated rings. The highest BCUT2D eigenvalue weighted by molar-refractivity contribution is 6.03. The molecule has 1 aromatic heterocycles. The highest BCUT2D eigenvalue weighted by Crippen LogP contribution is 2.19. The second-order valence-electron chi connectivity index (χ2n) is 6.30. The Morgan fingerprint density at radius 3 is 2.46 bits per heavy atom. The molecule has 26 heavy (non-hydrogen) atoms. The molecular weight excluding hydrogens is 324 g/mol. The van der Waals surface area contributed by atoms with E-state index in [4.69, 9.17) is 0 Å². The number of carbonyl (C=O) groups is 1. The topological polar surface area (TPSA) is 58.1 Å². The lowest BCUT2D eigenvalue weighted by molar-refractivity contribution is 0.102. The molecule has 5 heteroatoms. The second-order valence-corrected chi connectivity index (χ2v) is 6.30. The van der Waals surface area contributed by atoms with Crippen molar-refractivity contribution in [3.05, 3.63) is 83.3 Å². The van der Waals surface area contributed by atoms with Gasteiger partial charge in [0.15, 0.2) is 0 Å². The van der Waals surface area contributed by atoms with Gasteiger partial charge in [0.05, 0.1) is 12.4 Å². The van der Waals surface area contributed by atoms with E-state index in [1.807, 2.05) is 62.2 Å². The van der Waals surface area contributed by atoms with Crippen molar-refractivity contribution >= 4 is 17.4 Å². The van der Waals surface area contributed by atoms with Crippen molar-refractivity contribution in [3.8, 4) is 0 Å². The Labute approximate surface area is 153 Å². The largest absolute Gasteiger partial charge is 0.354 e. The van der Waals surface area contributed by atoms with Gasteiger partial charge in [-0.05, 0) is 36.6 Å². The summed E-state index contributed by atoms with van der Waals surface area (Å²) in [5.41, 5.74) is 4.46. The molecule has 3 rings (SSSR count). The molecule has 1 amide bonds. The van der Waals surface area contributed by atoms with Crippen LogP contribution in [0.2, 0.25) is 0 Å². The third-order valence-electron chi connectivity index (χ3n) is 4.38. The average molecular weight is 346 g/mol. The van der Waals surface area contributed by atoms with E-state index in [0.717, 1.165) is 29.2 Å².